The van der Waals surface area contributed by atoms with Gasteiger partial charge in [0.2, 0.25) is 0 Å². The summed E-state index contributed by atoms with van der Waals surface area (Å²) in [5.74, 6) is -2.01. The number of halogens is 5. The van der Waals surface area contributed by atoms with Crippen molar-refractivity contribution in [3.8, 4) is 5.82 Å². The number of rotatable bonds is 8. The van der Waals surface area contributed by atoms with Crippen molar-refractivity contribution in [3.05, 3.63) is 74.9 Å². The Bertz CT molecular complexity index is 1630. The molecular formula is C25H22Cl2F3N9O2. The van der Waals surface area contributed by atoms with Crippen LogP contribution in [0, 0.1) is 12.8 Å². The monoisotopic (exact) mass is 607 g/mol. The van der Waals surface area contributed by atoms with E-state index in [-0.39, 0.29) is 46.1 Å². The number of anilines is 1. The predicted molar refractivity (Wildman–Crippen MR) is 142 cm³/mol. The topological polar surface area (TPSA) is 133 Å². The maximum Gasteiger partial charge on any atom is 0.455 e. The first-order chi connectivity index (χ1) is 19.4. The number of hydrogen-bond acceptors (Lipinski definition) is 7. The highest BCUT2D eigenvalue weighted by Gasteiger charge is 2.37. The summed E-state index contributed by atoms with van der Waals surface area (Å²) in [4.78, 5) is 31.7. The molecule has 1 aromatic carbocycles. The number of benzene rings is 1. The van der Waals surface area contributed by atoms with Crippen molar-refractivity contribution < 1.29 is 22.8 Å². The van der Waals surface area contributed by atoms with Crippen LogP contribution in [0.3, 0.4) is 0 Å². The maximum atomic E-state index is 13.7. The number of carbonyl (C=O) groups is 2. The van der Waals surface area contributed by atoms with Crippen molar-refractivity contribution in [1.29, 1.82) is 0 Å². The fourth-order valence-corrected chi connectivity index (χ4v) is 4.67. The van der Waals surface area contributed by atoms with Crippen molar-refractivity contribution in [1.82, 2.24) is 40.3 Å². The van der Waals surface area contributed by atoms with Crippen LogP contribution in [0.25, 0.3) is 5.82 Å². The summed E-state index contributed by atoms with van der Waals surface area (Å²) in [6.45, 7) is 3.27. The Hall–Kier alpha value is -4.04. The number of hydrogen-bond donors (Lipinski definition) is 2. The quantitative estimate of drug-likeness (QED) is 0.296. The zero-order chi connectivity index (χ0) is 29.5. The van der Waals surface area contributed by atoms with Crippen LogP contribution < -0.4 is 10.6 Å². The maximum absolute atomic E-state index is 13.7. The number of pyridine rings is 1. The molecule has 0 spiro atoms. The van der Waals surface area contributed by atoms with E-state index in [9.17, 15) is 22.8 Å². The number of carbonyl (C=O) groups excluding carboxylic acids is 2. The molecule has 214 valence electrons. The summed E-state index contributed by atoms with van der Waals surface area (Å²) in [7, 11) is 0. The zero-order valence-electron chi connectivity index (χ0n) is 21.6. The number of aromatic nitrogens is 7. The standard InChI is InChI=1S/C25H22Cl2F3N9O2/c1-12-8-15(26)9-17(22(40)32-13(2)14-5-6-14)20(12)33-23(41)19-10-16(11-38-36-24(34-37-38)25(28,29)30)35-39(19)21-18(27)4-3-7-31-21/h3-4,7-10,13-14H,5-6,11H2,1-2H3,(H,32,40)(H,33,41). The van der Waals surface area contributed by atoms with E-state index in [0.717, 1.165) is 17.5 Å². The molecule has 1 unspecified atom stereocenters. The molecule has 1 atom stereocenters. The first kappa shape index (κ1) is 28.5. The van der Waals surface area contributed by atoms with Crippen LogP contribution >= 0.6 is 23.2 Å². The molecule has 1 aliphatic rings. The molecule has 0 radical (unpaired) electrons. The van der Waals surface area contributed by atoms with Gasteiger partial charge in [0.1, 0.15) is 12.2 Å². The average molecular weight is 608 g/mol. The largest absolute Gasteiger partial charge is 0.455 e. The van der Waals surface area contributed by atoms with Gasteiger partial charge in [0.05, 0.1) is 22.0 Å². The highest BCUT2D eigenvalue weighted by molar-refractivity contribution is 6.32. The van der Waals surface area contributed by atoms with E-state index in [4.69, 9.17) is 23.2 Å². The van der Waals surface area contributed by atoms with Crippen LogP contribution in [0.4, 0.5) is 18.9 Å². The van der Waals surface area contributed by atoms with Gasteiger partial charge in [-0.3, -0.25) is 9.59 Å². The van der Waals surface area contributed by atoms with Crippen molar-refractivity contribution in [3.63, 3.8) is 0 Å². The molecule has 11 nitrogen and oxygen atoms in total. The lowest BCUT2D eigenvalue weighted by Crippen LogP contribution is -2.34. The van der Waals surface area contributed by atoms with Crippen LogP contribution in [0.5, 0.6) is 0 Å². The van der Waals surface area contributed by atoms with Gasteiger partial charge < -0.3 is 10.6 Å². The lowest BCUT2D eigenvalue weighted by Gasteiger charge is -2.18. The summed E-state index contributed by atoms with van der Waals surface area (Å²) in [5.41, 5.74) is 0.984. The number of aryl methyl sites for hydroxylation is 1. The minimum atomic E-state index is -4.78. The van der Waals surface area contributed by atoms with E-state index in [0.29, 0.717) is 21.3 Å². The summed E-state index contributed by atoms with van der Waals surface area (Å²) in [5, 5.41) is 20.3. The first-order valence-corrected chi connectivity index (χ1v) is 13.1. The van der Waals surface area contributed by atoms with Gasteiger partial charge in [0, 0.05) is 17.3 Å². The number of nitrogens with zero attached hydrogens (tertiary/aromatic N) is 7. The van der Waals surface area contributed by atoms with Crippen molar-refractivity contribution in [2.75, 3.05) is 5.32 Å². The Morgan fingerprint density at radius 2 is 1.90 bits per heavy atom. The molecule has 1 aliphatic carbocycles. The van der Waals surface area contributed by atoms with Crippen LogP contribution in [0.2, 0.25) is 10.0 Å². The third-order valence-electron chi connectivity index (χ3n) is 6.41. The Morgan fingerprint density at radius 1 is 1.15 bits per heavy atom. The molecule has 41 heavy (non-hydrogen) atoms. The molecule has 0 aliphatic heterocycles. The van der Waals surface area contributed by atoms with Crippen molar-refractivity contribution >= 4 is 40.7 Å². The molecule has 0 saturated heterocycles. The molecule has 1 saturated carbocycles. The molecular weight excluding hydrogens is 586 g/mol. The Balaban J connectivity index is 1.49. The fourth-order valence-electron chi connectivity index (χ4n) is 4.20. The van der Waals surface area contributed by atoms with E-state index < -0.39 is 23.8 Å². The Kier molecular flexibility index (Phi) is 7.70. The van der Waals surface area contributed by atoms with Crippen molar-refractivity contribution in [2.45, 2.75) is 45.5 Å². The van der Waals surface area contributed by atoms with Gasteiger partial charge in [0.25, 0.3) is 17.6 Å². The molecule has 3 heterocycles. The fraction of sp³-hybridized carbons (Fsp3) is 0.320. The second kappa shape index (κ2) is 11.1. The highest BCUT2D eigenvalue weighted by atomic mass is 35.5. The smallest absolute Gasteiger partial charge is 0.349 e. The Labute approximate surface area is 241 Å². The first-order valence-electron chi connectivity index (χ1n) is 12.4. The minimum absolute atomic E-state index is 0.0520. The summed E-state index contributed by atoms with van der Waals surface area (Å²) < 4.78 is 40.0. The SMILES string of the molecule is Cc1cc(Cl)cc(C(=O)NC(C)C2CC2)c1NC(=O)c1cc(Cn2nnc(C(F)(F)F)n2)nn1-c1ncccc1Cl. The van der Waals surface area contributed by atoms with E-state index >= 15 is 0 Å². The Morgan fingerprint density at radius 3 is 2.56 bits per heavy atom. The van der Waals surface area contributed by atoms with Gasteiger partial charge in [-0.1, -0.05) is 23.2 Å². The average Bonchev–Trinajstić information content (AvgIpc) is 3.51. The third kappa shape index (κ3) is 6.33. The number of nitrogens with one attached hydrogen (secondary N) is 2. The molecule has 0 bridgehead atoms. The minimum Gasteiger partial charge on any atom is -0.349 e. The van der Waals surface area contributed by atoms with Crippen LogP contribution in [0.15, 0.2) is 36.5 Å². The molecule has 3 aromatic heterocycles. The van der Waals surface area contributed by atoms with Gasteiger partial charge in [0.15, 0.2) is 5.82 Å². The lowest BCUT2D eigenvalue weighted by atomic mass is 10.1. The van der Waals surface area contributed by atoms with Crippen molar-refractivity contribution in [2.24, 2.45) is 5.92 Å². The normalized spacial score (nSPS) is 14.1. The molecule has 2 amide bonds. The molecule has 5 rings (SSSR count). The van der Waals surface area contributed by atoms with E-state index in [1.54, 1.807) is 19.1 Å². The van der Waals surface area contributed by atoms with Crippen LogP contribution in [-0.4, -0.2) is 52.8 Å². The van der Waals surface area contributed by atoms with E-state index in [1.165, 1.54) is 24.4 Å². The number of alkyl halides is 3. The van der Waals surface area contributed by atoms with Gasteiger partial charge in [-0.05, 0) is 73.7 Å². The van der Waals surface area contributed by atoms with E-state index in [1.807, 2.05) is 6.92 Å². The second-order valence-electron chi connectivity index (χ2n) is 9.58. The summed E-state index contributed by atoms with van der Waals surface area (Å²) >= 11 is 12.6. The third-order valence-corrected chi connectivity index (χ3v) is 6.93. The van der Waals surface area contributed by atoms with Gasteiger partial charge >= 0.3 is 6.18 Å². The second-order valence-corrected chi connectivity index (χ2v) is 10.4. The molecule has 1 fully saturated rings. The molecule has 16 heteroatoms. The molecule has 4 aromatic rings. The van der Waals surface area contributed by atoms with E-state index in [2.05, 4.69) is 36.1 Å². The number of tetrazole rings is 1. The predicted octanol–water partition coefficient (Wildman–Crippen LogP) is 4.72. The lowest BCUT2D eigenvalue weighted by molar-refractivity contribution is -0.145. The zero-order valence-corrected chi connectivity index (χ0v) is 23.1. The number of amides is 2. The highest BCUT2D eigenvalue weighted by Crippen LogP contribution is 2.33. The van der Waals surface area contributed by atoms with Gasteiger partial charge in [-0.2, -0.15) is 23.1 Å². The summed E-state index contributed by atoms with van der Waals surface area (Å²) in [6, 6.07) is 7.46. The molecule has 2 N–H and O–H groups in total. The van der Waals surface area contributed by atoms with Crippen LogP contribution in [-0.2, 0) is 12.7 Å². The van der Waals surface area contributed by atoms with Crippen LogP contribution in [0.1, 0.15) is 57.7 Å². The van der Waals surface area contributed by atoms with Gasteiger partial charge in [-0.25, -0.2) is 9.67 Å². The van der Waals surface area contributed by atoms with Gasteiger partial charge in [-0.15, -0.1) is 10.2 Å². The summed E-state index contributed by atoms with van der Waals surface area (Å²) in [6.07, 6.45) is -1.28.